The molecule has 1 heterocycles. The van der Waals surface area contributed by atoms with E-state index in [1.807, 2.05) is 18.2 Å². The molecular weight excluding hydrogens is 907 g/mol. The Kier molecular flexibility index (Phi) is 28.2. The minimum absolute atomic E-state index is 0. The van der Waals surface area contributed by atoms with Crippen LogP contribution in [-0.2, 0) is 60.3 Å². The molecule has 0 fully saturated rings. The van der Waals surface area contributed by atoms with E-state index in [9.17, 15) is 55.5 Å². The molecule has 332 valence electrons. The van der Waals surface area contributed by atoms with E-state index in [4.69, 9.17) is 5.26 Å². The van der Waals surface area contributed by atoms with Gasteiger partial charge in [0.1, 0.15) is 0 Å². The zero-order valence-electron chi connectivity index (χ0n) is 29.7. The molecule has 1 aliphatic heterocycles. The molecule has 0 amide bonds. The Morgan fingerprint density at radius 2 is 0.745 bits per heavy atom. The van der Waals surface area contributed by atoms with Gasteiger partial charge in [0.25, 0.3) is 0 Å². The fraction of sp³-hybridized carbons (Fsp3) is 0.567. The quantitative estimate of drug-likeness (QED) is 0.0867. The predicted octanol–water partition coefficient (Wildman–Crippen LogP) is 8.68. The van der Waals surface area contributed by atoms with E-state index >= 15 is 0 Å². The molecule has 0 spiro atoms. The van der Waals surface area contributed by atoms with E-state index in [-0.39, 0.29) is 45.4 Å². The molecule has 2 aromatic carbocycles. The average molecular weight is 957 g/mol. The molecule has 0 unspecified atom stereocenters. The summed E-state index contributed by atoms with van der Waals surface area (Å²) in [6.45, 7) is 12.4. The fourth-order valence-corrected chi connectivity index (χ4v) is 4.28. The smallest absolute Gasteiger partial charge is 0.872 e. The van der Waals surface area contributed by atoms with Gasteiger partial charge in [-0.1, -0.05) is 48.2 Å². The van der Waals surface area contributed by atoms with Crippen LogP contribution in [0.1, 0.15) is 54.9 Å². The third-order valence-corrected chi connectivity index (χ3v) is 6.29. The van der Waals surface area contributed by atoms with Crippen LogP contribution in [0.15, 0.2) is 42.5 Å². The van der Waals surface area contributed by atoms with Crippen molar-refractivity contribution >= 4 is 15.6 Å². The maximum Gasteiger partial charge on any atom is 2.00 e. The van der Waals surface area contributed by atoms with Crippen molar-refractivity contribution in [3.63, 3.8) is 0 Å². The topological polar surface area (TPSA) is 149 Å². The summed E-state index contributed by atoms with van der Waals surface area (Å²) >= 11 is 0. The first kappa shape index (κ1) is 60.2. The molecule has 0 aliphatic carbocycles. The number of halogens is 12. The number of benzene rings is 2. The maximum absolute atomic E-state index is 12.7. The van der Waals surface area contributed by atoms with Crippen LogP contribution in [0.5, 0.6) is 5.75 Å². The maximum atomic E-state index is 12.7. The first-order valence-electron chi connectivity index (χ1n) is 16.2. The number of nitriles is 1. The molecule has 0 saturated carbocycles. The minimum Gasteiger partial charge on any atom is -0.872 e. The molecule has 0 atom stereocenters. The number of fused-ring (bicyclic) bond motifs is 4. The van der Waals surface area contributed by atoms with Crippen LogP contribution in [0.25, 0.3) is 0 Å². The predicted molar refractivity (Wildman–Crippen MR) is 184 cm³/mol. The van der Waals surface area contributed by atoms with Gasteiger partial charge in [0.05, 0.1) is 6.07 Å². The van der Waals surface area contributed by atoms with E-state index in [2.05, 4.69) is 56.2 Å². The SMILES string of the molecule is CC#N.F[P-](F)(F)(F)(F)F.F[P-](F)(F)(F)(F)F.[Cu+2].[Cu+2].[O-]c1c2cccc1CNCCCNCCCNCc1cccc(c1)CNCCCNCCCNC2.[OH-]. The van der Waals surface area contributed by atoms with Gasteiger partial charge >= 0.3 is 100 Å². The van der Waals surface area contributed by atoms with E-state index < -0.39 is 15.6 Å². The van der Waals surface area contributed by atoms with Crippen molar-refractivity contribution in [3.8, 4) is 11.8 Å². The first-order valence-corrected chi connectivity index (χ1v) is 20.2. The molecule has 0 saturated heterocycles. The third kappa shape index (κ3) is 52.5. The number of hydrogen-bond acceptors (Lipinski definition) is 9. The summed E-state index contributed by atoms with van der Waals surface area (Å²) in [6, 6.07) is 16.5. The summed E-state index contributed by atoms with van der Waals surface area (Å²) in [5.74, 6) is 0.170. The zero-order valence-corrected chi connectivity index (χ0v) is 33.4. The van der Waals surface area contributed by atoms with Crippen LogP contribution >= 0.6 is 15.6 Å². The van der Waals surface area contributed by atoms with Crippen molar-refractivity contribution in [1.29, 1.82) is 5.26 Å². The van der Waals surface area contributed by atoms with Gasteiger partial charge < -0.3 is 42.5 Å². The number of nitrogens with zero attached hydrogens (tertiary/aromatic N) is 1. The van der Waals surface area contributed by atoms with Gasteiger partial charge in [-0.3, -0.25) is 0 Å². The number of rotatable bonds is 0. The molecule has 1 aliphatic rings. The van der Waals surface area contributed by atoms with Crippen molar-refractivity contribution in [3.05, 3.63) is 64.7 Å². The van der Waals surface area contributed by atoms with Crippen molar-refractivity contribution < 1.29 is 95.1 Å². The second-order valence-electron chi connectivity index (χ2n) is 11.5. The molecule has 55 heavy (non-hydrogen) atoms. The van der Waals surface area contributed by atoms with Crippen LogP contribution in [0.4, 0.5) is 50.4 Å². The Hall–Kier alpha value is -1.49. The molecule has 2 radical (unpaired) electrons. The number of hydrogen-bond donors (Lipinski definition) is 6. The van der Waals surface area contributed by atoms with Crippen molar-refractivity contribution in [2.45, 2.75) is 58.8 Å². The standard InChI is InChI=1S/C28H46N6O.C2H3N.2Cu.2F6P.H2O/c35-28-26-9-2-10-27(28)23-34-18-6-14-30-12-4-16-32-21-25-8-1-7-24(19-25)20-31-15-3-11-29-13-5-17-33-22-26;1-2-3;;;2*1-7(2,3,4,5)6;/h1-2,7-10,19,29-35H,3-6,11-18,20-23H2;1H3;;;;;1H2/q;;2*+2;2*-1;/p-2. The van der Waals surface area contributed by atoms with Crippen molar-refractivity contribution in [2.75, 3.05) is 52.4 Å². The summed E-state index contributed by atoms with van der Waals surface area (Å²) in [6.07, 6.45) is 4.33. The van der Waals surface area contributed by atoms with Gasteiger partial charge in [0.15, 0.2) is 0 Å². The molecule has 4 bridgehead atoms. The Bertz CT molecular complexity index is 1250. The number of nitrogens with one attached hydrogen (secondary N) is 6. The van der Waals surface area contributed by atoms with Crippen molar-refractivity contribution in [2.24, 2.45) is 0 Å². The normalized spacial score (nSPS) is 18.3. The van der Waals surface area contributed by atoms with Crippen LogP contribution < -0.4 is 37.0 Å². The monoisotopic (exact) mass is 955 g/mol. The van der Waals surface area contributed by atoms with Crippen LogP contribution in [0.3, 0.4) is 0 Å². The Morgan fingerprint density at radius 1 is 0.509 bits per heavy atom. The molecule has 2 aromatic rings. The summed E-state index contributed by atoms with van der Waals surface area (Å²) < 4.78 is 118. The van der Waals surface area contributed by atoms with Gasteiger partial charge in [0.2, 0.25) is 0 Å². The first-order chi connectivity index (χ1) is 23.6. The molecular formula is C30H49Cu2F12N7O2P2. The molecule has 9 nitrogen and oxygen atoms in total. The van der Waals surface area contributed by atoms with Crippen LogP contribution in [-0.4, -0.2) is 57.8 Å². The fourth-order valence-electron chi connectivity index (χ4n) is 4.28. The zero-order chi connectivity index (χ0) is 39.9. The van der Waals surface area contributed by atoms with Gasteiger partial charge in [-0.15, -0.1) is 0 Å². The van der Waals surface area contributed by atoms with Gasteiger partial charge in [0, 0.05) is 33.1 Å². The van der Waals surface area contributed by atoms with E-state index in [1.54, 1.807) is 6.07 Å². The average Bonchev–Trinajstić information content (AvgIpc) is 2.97. The second-order valence-corrected chi connectivity index (χ2v) is 15.3. The van der Waals surface area contributed by atoms with Gasteiger partial charge in [-0.05, 0) is 100 Å². The molecule has 3 rings (SSSR count). The summed E-state index contributed by atoms with van der Waals surface area (Å²) in [7, 11) is -21.3. The van der Waals surface area contributed by atoms with Crippen LogP contribution in [0.2, 0.25) is 0 Å². The van der Waals surface area contributed by atoms with Crippen LogP contribution in [0, 0.1) is 11.3 Å². The summed E-state index contributed by atoms with van der Waals surface area (Å²) in [5.41, 5.74) is 4.41. The number of para-hydroxylation sites is 1. The Labute approximate surface area is 334 Å². The third-order valence-electron chi connectivity index (χ3n) is 6.29. The molecule has 25 heteroatoms. The van der Waals surface area contributed by atoms with E-state index in [0.29, 0.717) is 13.1 Å². The summed E-state index contributed by atoms with van der Waals surface area (Å²) in [4.78, 5) is 0. The van der Waals surface area contributed by atoms with Gasteiger partial charge in [-0.2, -0.15) is 5.26 Å². The minimum atomic E-state index is -10.7. The largest absolute Gasteiger partial charge is 2.00 e. The Balaban J connectivity index is -0.000000545. The molecule has 7 N–H and O–H groups in total. The van der Waals surface area contributed by atoms with E-state index in [1.165, 1.54) is 18.1 Å². The van der Waals surface area contributed by atoms with Gasteiger partial charge in [-0.25, -0.2) is 0 Å². The van der Waals surface area contributed by atoms with E-state index in [0.717, 1.165) is 102 Å². The summed E-state index contributed by atoms with van der Waals surface area (Å²) in [5, 5.41) is 41.0. The molecule has 0 aromatic heterocycles. The van der Waals surface area contributed by atoms with Crippen molar-refractivity contribution in [1.82, 2.24) is 31.9 Å². The Morgan fingerprint density at radius 3 is 1.04 bits per heavy atom. The second kappa shape index (κ2) is 25.8.